The highest BCUT2D eigenvalue weighted by atomic mass is 16.3. The van der Waals surface area contributed by atoms with Crippen LogP contribution in [0.25, 0.3) is 27.8 Å². The summed E-state index contributed by atoms with van der Waals surface area (Å²) >= 11 is 0. The molecule has 0 radical (unpaired) electrons. The molecule has 1 atom stereocenters. The third-order valence-corrected chi connectivity index (χ3v) is 6.84. The number of aliphatic hydroxyl groups is 1. The van der Waals surface area contributed by atoms with E-state index in [1.54, 1.807) is 12.4 Å². The molecular formula is C27H28N6O. The number of nitrogens with one attached hydrogen (secondary N) is 2. The molecule has 0 aliphatic heterocycles. The number of anilines is 1. The first kappa shape index (κ1) is 20.9. The lowest BCUT2D eigenvalue weighted by molar-refractivity contribution is 0.281. The van der Waals surface area contributed by atoms with Crippen LogP contribution in [0.5, 0.6) is 0 Å². The van der Waals surface area contributed by atoms with E-state index in [-0.39, 0.29) is 6.61 Å². The number of aliphatic hydroxyl groups excluding tert-OH is 1. The van der Waals surface area contributed by atoms with Crippen LogP contribution in [0, 0.1) is 0 Å². The Labute approximate surface area is 197 Å². The summed E-state index contributed by atoms with van der Waals surface area (Å²) in [6, 6.07) is 12.8. The number of rotatable bonds is 5. The number of aromatic amines is 1. The van der Waals surface area contributed by atoms with E-state index in [1.165, 1.54) is 22.2 Å². The van der Waals surface area contributed by atoms with E-state index < -0.39 is 0 Å². The van der Waals surface area contributed by atoms with Crippen LogP contribution in [-0.2, 0) is 19.4 Å². The van der Waals surface area contributed by atoms with Gasteiger partial charge in [-0.05, 0) is 48.4 Å². The summed E-state index contributed by atoms with van der Waals surface area (Å²) in [5.41, 5.74) is 8.42. The molecule has 3 N–H and O–H groups in total. The Morgan fingerprint density at radius 3 is 2.91 bits per heavy atom. The number of fused-ring (bicyclic) bond motifs is 4. The van der Waals surface area contributed by atoms with Gasteiger partial charge < -0.3 is 15.4 Å². The summed E-state index contributed by atoms with van der Waals surface area (Å²) in [7, 11) is 0. The van der Waals surface area contributed by atoms with Crippen molar-refractivity contribution < 1.29 is 5.11 Å². The van der Waals surface area contributed by atoms with Crippen LogP contribution in [0.4, 0.5) is 5.82 Å². The molecule has 4 heterocycles. The molecule has 34 heavy (non-hydrogen) atoms. The van der Waals surface area contributed by atoms with E-state index >= 15 is 0 Å². The van der Waals surface area contributed by atoms with E-state index in [0.717, 1.165) is 53.1 Å². The van der Waals surface area contributed by atoms with Gasteiger partial charge in [0.2, 0.25) is 0 Å². The van der Waals surface area contributed by atoms with Crippen molar-refractivity contribution in [3.8, 4) is 11.3 Å². The average molecular weight is 453 g/mol. The molecule has 0 saturated heterocycles. The van der Waals surface area contributed by atoms with Crippen molar-refractivity contribution in [1.82, 2.24) is 24.6 Å². The summed E-state index contributed by atoms with van der Waals surface area (Å²) in [6.07, 6.45) is 8.41. The number of aromatic nitrogens is 5. The van der Waals surface area contributed by atoms with Gasteiger partial charge in [-0.3, -0.25) is 4.98 Å². The molecule has 0 fully saturated rings. The Bertz CT molecular complexity index is 1500. The first-order valence-corrected chi connectivity index (χ1v) is 11.9. The Kier molecular flexibility index (Phi) is 5.07. The second-order valence-electron chi connectivity index (χ2n) is 9.47. The molecule has 1 aromatic carbocycles. The van der Waals surface area contributed by atoms with Gasteiger partial charge in [0.1, 0.15) is 5.82 Å². The van der Waals surface area contributed by atoms with Crippen LogP contribution >= 0.6 is 0 Å². The van der Waals surface area contributed by atoms with Crippen LogP contribution in [0.1, 0.15) is 48.6 Å². The van der Waals surface area contributed by atoms with Gasteiger partial charge >= 0.3 is 0 Å². The Balaban J connectivity index is 1.41. The largest absolute Gasteiger partial charge is 0.392 e. The molecule has 0 bridgehead atoms. The third kappa shape index (κ3) is 3.53. The number of aryl methyl sites for hydroxylation is 1. The normalized spacial score (nSPS) is 15.8. The maximum atomic E-state index is 9.58. The van der Waals surface area contributed by atoms with Gasteiger partial charge in [-0.1, -0.05) is 32.0 Å². The van der Waals surface area contributed by atoms with E-state index in [4.69, 9.17) is 4.98 Å². The lowest BCUT2D eigenvalue weighted by Gasteiger charge is -2.25. The van der Waals surface area contributed by atoms with Crippen LogP contribution in [0.2, 0.25) is 0 Å². The zero-order valence-corrected chi connectivity index (χ0v) is 19.4. The van der Waals surface area contributed by atoms with Crippen molar-refractivity contribution in [3.05, 3.63) is 77.4 Å². The minimum Gasteiger partial charge on any atom is -0.392 e. The number of H-pyrrole nitrogens is 1. The molecular weight excluding hydrogens is 424 g/mol. The first-order valence-electron chi connectivity index (χ1n) is 11.9. The number of hydrogen-bond acceptors (Lipinski definition) is 5. The van der Waals surface area contributed by atoms with Crippen molar-refractivity contribution in [2.45, 2.75) is 51.7 Å². The zero-order valence-electron chi connectivity index (χ0n) is 19.4. The molecule has 172 valence electrons. The van der Waals surface area contributed by atoms with Gasteiger partial charge in [0.25, 0.3) is 0 Å². The SMILES string of the molecule is CC(C)c1cnn2c(NC3CCc4[nH]c5ccccc5c4C3)cc(-c3cncc(CO)c3)nc12. The number of hydrogen-bond donors (Lipinski definition) is 3. The van der Waals surface area contributed by atoms with Gasteiger partial charge in [-0.25, -0.2) is 4.98 Å². The standard InChI is InChI=1S/C27H28N6O/c1-16(2)22-14-29-33-26(11-25(32-27(22)33)18-9-17(15-34)12-28-13-18)30-19-7-8-24-21(10-19)20-5-3-4-6-23(20)31-24/h3-6,9,11-14,16,19,30-31,34H,7-8,10,15H2,1-2H3. The topological polar surface area (TPSA) is 91.1 Å². The summed E-state index contributed by atoms with van der Waals surface area (Å²) in [5.74, 6) is 1.23. The summed E-state index contributed by atoms with van der Waals surface area (Å²) < 4.78 is 1.92. The fourth-order valence-electron chi connectivity index (χ4n) is 5.05. The average Bonchev–Trinajstić information content (AvgIpc) is 3.46. The number of nitrogens with zero attached hydrogens (tertiary/aromatic N) is 4. The van der Waals surface area contributed by atoms with Gasteiger partial charge in [-0.15, -0.1) is 0 Å². The fourth-order valence-corrected chi connectivity index (χ4v) is 5.05. The Morgan fingerprint density at radius 2 is 2.06 bits per heavy atom. The maximum absolute atomic E-state index is 9.58. The first-order chi connectivity index (χ1) is 16.6. The van der Waals surface area contributed by atoms with Crippen LogP contribution in [-0.4, -0.2) is 35.7 Å². The predicted molar refractivity (Wildman–Crippen MR) is 134 cm³/mol. The quantitative estimate of drug-likeness (QED) is 0.354. The maximum Gasteiger partial charge on any atom is 0.161 e. The van der Waals surface area contributed by atoms with Crippen molar-refractivity contribution in [3.63, 3.8) is 0 Å². The van der Waals surface area contributed by atoms with E-state index in [2.05, 4.69) is 58.5 Å². The van der Waals surface area contributed by atoms with Crippen molar-refractivity contribution >= 4 is 22.4 Å². The number of pyridine rings is 1. The van der Waals surface area contributed by atoms with Crippen molar-refractivity contribution in [2.24, 2.45) is 0 Å². The lowest BCUT2D eigenvalue weighted by atomic mass is 9.91. The highest BCUT2D eigenvalue weighted by molar-refractivity contribution is 5.85. The second kappa shape index (κ2) is 8.25. The molecule has 1 aliphatic carbocycles. The molecule has 7 nitrogen and oxygen atoms in total. The minimum atomic E-state index is -0.0485. The smallest absolute Gasteiger partial charge is 0.161 e. The molecule has 7 heteroatoms. The minimum absolute atomic E-state index is 0.0485. The molecule has 0 spiro atoms. The van der Waals surface area contributed by atoms with Gasteiger partial charge in [0.05, 0.1) is 18.5 Å². The zero-order chi connectivity index (χ0) is 23.2. The highest BCUT2D eigenvalue weighted by Crippen LogP contribution is 2.32. The molecule has 0 saturated carbocycles. The van der Waals surface area contributed by atoms with Crippen LogP contribution < -0.4 is 5.32 Å². The predicted octanol–water partition coefficient (Wildman–Crippen LogP) is 4.86. The van der Waals surface area contributed by atoms with Crippen molar-refractivity contribution in [1.29, 1.82) is 0 Å². The Hall–Kier alpha value is -3.71. The summed E-state index contributed by atoms with van der Waals surface area (Å²) in [6.45, 7) is 4.27. The molecule has 5 aromatic rings. The molecule has 1 aliphatic rings. The summed E-state index contributed by atoms with van der Waals surface area (Å²) in [5, 5.41) is 19.4. The van der Waals surface area contributed by atoms with E-state index in [9.17, 15) is 5.11 Å². The molecule has 0 amide bonds. The highest BCUT2D eigenvalue weighted by Gasteiger charge is 2.24. The van der Waals surface area contributed by atoms with Crippen LogP contribution in [0.15, 0.2) is 55.0 Å². The lowest BCUT2D eigenvalue weighted by Crippen LogP contribution is -2.28. The van der Waals surface area contributed by atoms with Gasteiger partial charge in [0, 0.05) is 52.2 Å². The summed E-state index contributed by atoms with van der Waals surface area (Å²) in [4.78, 5) is 12.9. The monoisotopic (exact) mass is 452 g/mol. The molecule has 6 rings (SSSR count). The molecule has 4 aromatic heterocycles. The number of benzene rings is 1. The van der Waals surface area contributed by atoms with E-state index in [1.807, 2.05) is 22.8 Å². The molecule has 1 unspecified atom stereocenters. The number of para-hydroxylation sites is 1. The van der Waals surface area contributed by atoms with Crippen molar-refractivity contribution in [2.75, 3.05) is 5.32 Å². The third-order valence-electron chi connectivity index (χ3n) is 6.84. The van der Waals surface area contributed by atoms with Crippen LogP contribution in [0.3, 0.4) is 0 Å². The van der Waals surface area contributed by atoms with Gasteiger partial charge in [-0.2, -0.15) is 9.61 Å². The van der Waals surface area contributed by atoms with Gasteiger partial charge in [0.15, 0.2) is 5.65 Å². The Morgan fingerprint density at radius 1 is 1.18 bits per heavy atom. The van der Waals surface area contributed by atoms with E-state index in [0.29, 0.717) is 12.0 Å². The fraction of sp³-hybridized carbons (Fsp3) is 0.296. The second-order valence-corrected chi connectivity index (χ2v) is 9.47.